The van der Waals surface area contributed by atoms with E-state index >= 15 is 0 Å². The molecule has 0 saturated carbocycles. The lowest BCUT2D eigenvalue weighted by molar-refractivity contribution is 0.146. The average Bonchev–Trinajstić information content (AvgIpc) is 2.71. The first-order valence-corrected chi connectivity index (χ1v) is 7.96. The van der Waals surface area contributed by atoms with Crippen molar-refractivity contribution in [3.05, 3.63) is 24.3 Å². The molecule has 4 nitrogen and oxygen atoms in total. The van der Waals surface area contributed by atoms with Gasteiger partial charge in [0, 0.05) is 37.0 Å². The fourth-order valence-corrected chi connectivity index (χ4v) is 3.68. The van der Waals surface area contributed by atoms with Crippen molar-refractivity contribution in [2.24, 2.45) is 0 Å². The first kappa shape index (κ1) is 14.7. The summed E-state index contributed by atoms with van der Waals surface area (Å²) < 4.78 is 10.7. The number of hydrogen-bond donors (Lipinski definition) is 1. The molecule has 0 aromatic heterocycles. The van der Waals surface area contributed by atoms with E-state index in [1.165, 1.54) is 31.4 Å². The molecule has 2 saturated heterocycles. The quantitative estimate of drug-likeness (QED) is 0.817. The molecule has 0 amide bonds. The van der Waals surface area contributed by atoms with Crippen molar-refractivity contribution < 1.29 is 9.47 Å². The van der Waals surface area contributed by atoms with Crippen molar-refractivity contribution in [2.45, 2.75) is 43.8 Å². The van der Waals surface area contributed by atoms with Gasteiger partial charge < -0.3 is 19.7 Å². The Labute approximate surface area is 127 Å². The zero-order valence-electron chi connectivity index (χ0n) is 13.0. The van der Waals surface area contributed by atoms with E-state index in [2.05, 4.69) is 29.4 Å². The van der Waals surface area contributed by atoms with E-state index in [4.69, 9.17) is 9.47 Å². The minimum Gasteiger partial charge on any atom is -0.491 e. The Morgan fingerprint density at radius 2 is 1.95 bits per heavy atom. The lowest BCUT2D eigenvalue weighted by Gasteiger charge is -2.37. The van der Waals surface area contributed by atoms with Gasteiger partial charge in [-0.1, -0.05) is 6.07 Å². The number of benzene rings is 1. The number of anilines is 1. The van der Waals surface area contributed by atoms with Gasteiger partial charge in [0.05, 0.1) is 6.61 Å². The number of hydrogen-bond acceptors (Lipinski definition) is 4. The SMILES string of the molecule is COCCOc1cccc(NC2CC3CCC(C2)N3C)c1. The molecule has 2 unspecified atom stereocenters. The standard InChI is InChI=1S/C17H26N2O2/c1-19-15-6-7-16(19)11-14(10-15)18-13-4-3-5-17(12-13)21-9-8-20-2/h3-5,12,14-16,18H,6-11H2,1-2H3. The molecule has 21 heavy (non-hydrogen) atoms. The van der Waals surface area contributed by atoms with Gasteiger partial charge in [0.1, 0.15) is 12.4 Å². The first-order chi connectivity index (χ1) is 10.3. The normalized spacial score (nSPS) is 28.6. The van der Waals surface area contributed by atoms with Crippen LogP contribution < -0.4 is 10.1 Å². The summed E-state index contributed by atoms with van der Waals surface area (Å²) >= 11 is 0. The summed E-state index contributed by atoms with van der Waals surface area (Å²) in [5.74, 6) is 0.910. The molecule has 2 aliphatic rings. The van der Waals surface area contributed by atoms with Crippen LogP contribution in [0.4, 0.5) is 5.69 Å². The molecule has 2 fully saturated rings. The van der Waals surface area contributed by atoms with Crippen LogP contribution in [0.5, 0.6) is 5.75 Å². The van der Waals surface area contributed by atoms with Crippen molar-refractivity contribution in [1.82, 2.24) is 4.90 Å². The molecule has 2 bridgehead atoms. The third-order valence-corrected chi connectivity index (χ3v) is 4.86. The second-order valence-electron chi connectivity index (χ2n) is 6.23. The molecular formula is C17H26N2O2. The predicted molar refractivity (Wildman–Crippen MR) is 85.0 cm³/mol. The molecule has 3 rings (SSSR count). The molecule has 2 heterocycles. The summed E-state index contributed by atoms with van der Waals surface area (Å²) in [6, 6.07) is 10.4. The predicted octanol–water partition coefficient (Wildman–Crippen LogP) is 2.75. The monoisotopic (exact) mass is 290 g/mol. The van der Waals surface area contributed by atoms with Crippen molar-refractivity contribution in [2.75, 3.05) is 32.7 Å². The van der Waals surface area contributed by atoms with Gasteiger partial charge in [0.25, 0.3) is 0 Å². The second kappa shape index (κ2) is 6.67. The number of piperidine rings is 1. The summed E-state index contributed by atoms with van der Waals surface area (Å²) in [7, 11) is 3.97. The van der Waals surface area contributed by atoms with Crippen molar-refractivity contribution in [3.63, 3.8) is 0 Å². The van der Waals surface area contributed by atoms with Crippen LogP contribution in [0.2, 0.25) is 0 Å². The molecule has 4 heteroatoms. The van der Waals surface area contributed by atoms with E-state index in [0.29, 0.717) is 19.3 Å². The van der Waals surface area contributed by atoms with Crippen LogP contribution in [0.25, 0.3) is 0 Å². The van der Waals surface area contributed by atoms with Crippen LogP contribution in [0.1, 0.15) is 25.7 Å². The van der Waals surface area contributed by atoms with Gasteiger partial charge in [-0.25, -0.2) is 0 Å². The zero-order valence-corrected chi connectivity index (χ0v) is 13.0. The summed E-state index contributed by atoms with van der Waals surface area (Å²) in [5.41, 5.74) is 1.17. The zero-order chi connectivity index (χ0) is 14.7. The smallest absolute Gasteiger partial charge is 0.121 e. The second-order valence-corrected chi connectivity index (χ2v) is 6.23. The highest BCUT2D eigenvalue weighted by Gasteiger charge is 2.38. The van der Waals surface area contributed by atoms with Crippen LogP contribution in [0.15, 0.2) is 24.3 Å². The van der Waals surface area contributed by atoms with Crippen LogP contribution >= 0.6 is 0 Å². The molecule has 1 aromatic rings. The minimum absolute atomic E-state index is 0.591. The maximum atomic E-state index is 5.67. The molecule has 2 atom stereocenters. The van der Waals surface area contributed by atoms with Gasteiger partial charge in [-0.05, 0) is 44.9 Å². The van der Waals surface area contributed by atoms with Crippen molar-refractivity contribution in [1.29, 1.82) is 0 Å². The average molecular weight is 290 g/mol. The Morgan fingerprint density at radius 3 is 2.67 bits per heavy atom. The third kappa shape index (κ3) is 3.50. The Bertz CT molecular complexity index is 452. The number of rotatable bonds is 6. The molecule has 116 valence electrons. The fourth-order valence-electron chi connectivity index (χ4n) is 3.68. The Morgan fingerprint density at radius 1 is 1.19 bits per heavy atom. The van der Waals surface area contributed by atoms with E-state index in [-0.39, 0.29) is 0 Å². The molecule has 1 aromatic carbocycles. The maximum absolute atomic E-state index is 5.67. The number of nitrogens with one attached hydrogen (secondary N) is 1. The van der Waals surface area contributed by atoms with Crippen molar-refractivity contribution in [3.8, 4) is 5.75 Å². The molecule has 0 aliphatic carbocycles. The summed E-state index contributed by atoms with van der Waals surface area (Å²) in [6.45, 7) is 1.22. The van der Waals surface area contributed by atoms with Gasteiger partial charge >= 0.3 is 0 Å². The van der Waals surface area contributed by atoms with Crippen LogP contribution in [-0.4, -0.2) is 50.4 Å². The van der Waals surface area contributed by atoms with Crippen molar-refractivity contribution >= 4 is 5.69 Å². The first-order valence-electron chi connectivity index (χ1n) is 7.96. The van der Waals surface area contributed by atoms with E-state index in [1.54, 1.807) is 7.11 Å². The van der Waals surface area contributed by atoms with Crippen LogP contribution in [0.3, 0.4) is 0 Å². The maximum Gasteiger partial charge on any atom is 0.121 e. The molecule has 2 aliphatic heterocycles. The number of methoxy groups -OCH3 is 1. The van der Waals surface area contributed by atoms with E-state index in [0.717, 1.165) is 17.8 Å². The number of nitrogens with zero attached hydrogens (tertiary/aromatic N) is 1. The molecule has 1 N–H and O–H groups in total. The van der Waals surface area contributed by atoms with Gasteiger partial charge in [-0.2, -0.15) is 0 Å². The summed E-state index contributed by atoms with van der Waals surface area (Å²) in [6.07, 6.45) is 5.22. The van der Waals surface area contributed by atoms with E-state index in [1.807, 2.05) is 12.1 Å². The Balaban J connectivity index is 1.56. The van der Waals surface area contributed by atoms with E-state index in [9.17, 15) is 0 Å². The van der Waals surface area contributed by atoms with E-state index < -0.39 is 0 Å². The lowest BCUT2D eigenvalue weighted by Crippen LogP contribution is -2.44. The molecule has 0 radical (unpaired) electrons. The van der Waals surface area contributed by atoms with Gasteiger partial charge in [0.15, 0.2) is 0 Å². The Hall–Kier alpha value is -1.26. The van der Waals surface area contributed by atoms with Crippen LogP contribution in [-0.2, 0) is 4.74 Å². The molecular weight excluding hydrogens is 264 g/mol. The largest absolute Gasteiger partial charge is 0.491 e. The highest BCUT2D eigenvalue weighted by molar-refractivity contribution is 5.49. The van der Waals surface area contributed by atoms with Crippen LogP contribution in [0, 0.1) is 0 Å². The summed E-state index contributed by atoms with van der Waals surface area (Å²) in [4.78, 5) is 2.57. The highest BCUT2D eigenvalue weighted by Crippen LogP contribution is 2.35. The van der Waals surface area contributed by atoms with Gasteiger partial charge in [-0.15, -0.1) is 0 Å². The van der Waals surface area contributed by atoms with Gasteiger partial charge in [0.2, 0.25) is 0 Å². The highest BCUT2D eigenvalue weighted by atomic mass is 16.5. The third-order valence-electron chi connectivity index (χ3n) is 4.86. The Kier molecular flexibility index (Phi) is 4.66. The lowest BCUT2D eigenvalue weighted by atomic mass is 9.98. The summed E-state index contributed by atoms with van der Waals surface area (Å²) in [5, 5.41) is 3.70. The number of ether oxygens (including phenoxy) is 2. The van der Waals surface area contributed by atoms with Gasteiger partial charge in [-0.3, -0.25) is 0 Å². The topological polar surface area (TPSA) is 33.7 Å². The molecule has 0 spiro atoms. The number of fused-ring (bicyclic) bond motifs is 2. The minimum atomic E-state index is 0.591. The fraction of sp³-hybridized carbons (Fsp3) is 0.647.